The zero-order valence-corrected chi connectivity index (χ0v) is 21.0. The highest BCUT2D eigenvalue weighted by Crippen LogP contribution is 2.29. The van der Waals surface area contributed by atoms with Crippen molar-refractivity contribution in [2.24, 2.45) is 0 Å². The SMILES string of the molecule is CBC(=O)N1C(=O)CCc2ccc(OCCCCN3CCN(c4cccc5ccccc45)CC3)nc21. The summed E-state index contributed by atoms with van der Waals surface area (Å²) in [6.45, 7) is 7.57. The summed E-state index contributed by atoms with van der Waals surface area (Å²) < 4.78 is 5.89. The van der Waals surface area contributed by atoms with Crippen molar-refractivity contribution in [1.82, 2.24) is 9.88 Å². The number of ether oxygens (including phenoxy) is 1. The predicted octanol–water partition coefficient (Wildman–Crippen LogP) is 4.10. The Morgan fingerprint density at radius 3 is 2.61 bits per heavy atom. The molecule has 0 N–H and O–H groups in total. The highest BCUT2D eigenvalue weighted by molar-refractivity contribution is 6.76. The Morgan fingerprint density at radius 2 is 1.78 bits per heavy atom. The Hall–Kier alpha value is -3.39. The lowest BCUT2D eigenvalue weighted by molar-refractivity contribution is -0.118. The molecule has 7 nitrogen and oxygen atoms in total. The Bertz CT molecular complexity index is 1240. The normalized spacial score (nSPS) is 16.2. The molecule has 0 spiro atoms. The molecule has 2 aliphatic rings. The molecule has 0 saturated carbocycles. The number of rotatable bonds is 8. The predicted molar refractivity (Wildman–Crippen MR) is 146 cm³/mol. The number of imide groups is 1. The zero-order valence-electron chi connectivity index (χ0n) is 21.0. The van der Waals surface area contributed by atoms with Crippen molar-refractivity contribution in [3.63, 3.8) is 0 Å². The molecule has 3 aromatic rings. The quantitative estimate of drug-likeness (QED) is 0.354. The second kappa shape index (κ2) is 11.1. The van der Waals surface area contributed by atoms with Gasteiger partial charge in [0.2, 0.25) is 19.1 Å². The highest BCUT2D eigenvalue weighted by Gasteiger charge is 2.30. The van der Waals surface area contributed by atoms with E-state index in [9.17, 15) is 9.59 Å². The molecule has 0 bridgehead atoms. The van der Waals surface area contributed by atoms with Gasteiger partial charge in [-0.2, -0.15) is 4.98 Å². The van der Waals surface area contributed by atoms with Gasteiger partial charge in [-0.3, -0.25) is 14.5 Å². The van der Waals surface area contributed by atoms with E-state index in [1.54, 1.807) is 6.82 Å². The minimum Gasteiger partial charge on any atom is -0.478 e. The molecule has 1 saturated heterocycles. The summed E-state index contributed by atoms with van der Waals surface area (Å²) in [7, 11) is 0.272. The van der Waals surface area contributed by atoms with E-state index in [0.29, 0.717) is 31.1 Å². The monoisotopic (exact) mass is 484 g/mol. The minimum absolute atomic E-state index is 0.181. The third kappa shape index (κ3) is 5.24. The van der Waals surface area contributed by atoms with Crippen LogP contribution in [-0.2, 0) is 11.2 Å². The summed E-state index contributed by atoms with van der Waals surface area (Å²) >= 11 is 0. The van der Waals surface area contributed by atoms with Gasteiger partial charge >= 0.3 is 0 Å². The van der Waals surface area contributed by atoms with Crippen molar-refractivity contribution in [2.75, 3.05) is 49.1 Å². The van der Waals surface area contributed by atoms with Gasteiger partial charge in [0.25, 0.3) is 0 Å². The maximum Gasteiger partial charge on any atom is 0.234 e. The number of fused-ring (bicyclic) bond motifs is 2. The van der Waals surface area contributed by atoms with Crippen molar-refractivity contribution < 1.29 is 14.3 Å². The number of amides is 2. The van der Waals surface area contributed by atoms with Crippen LogP contribution in [0.1, 0.15) is 24.8 Å². The van der Waals surface area contributed by atoms with Gasteiger partial charge in [-0.25, -0.2) is 4.90 Å². The summed E-state index contributed by atoms with van der Waals surface area (Å²) in [5, 5.41) is 2.62. The third-order valence-corrected chi connectivity index (χ3v) is 7.15. The number of unbranched alkanes of at least 4 members (excludes halogenated alkanes) is 1. The van der Waals surface area contributed by atoms with Gasteiger partial charge in [0, 0.05) is 49.7 Å². The van der Waals surface area contributed by atoms with Crippen molar-refractivity contribution in [1.29, 1.82) is 0 Å². The number of piperazine rings is 1. The fourth-order valence-corrected chi connectivity index (χ4v) is 5.13. The van der Waals surface area contributed by atoms with Gasteiger partial charge < -0.3 is 9.64 Å². The van der Waals surface area contributed by atoms with Gasteiger partial charge in [-0.05, 0) is 48.9 Å². The number of carbonyl (C=O) groups excluding carboxylic acids is 2. The molecule has 0 aliphatic carbocycles. The van der Waals surface area contributed by atoms with E-state index in [0.717, 1.165) is 51.1 Å². The van der Waals surface area contributed by atoms with Crippen LogP contribution in [0.5, 0.6) is 5.88 Å². The van der Waals surface area contributed by atoms with Gasteiger partial charge in [0.05, 0.1) is 6.61 Å². The summed E-state index contributed by atoms with van der Waals surface area (Å²) in [6.07, 6.45) is 2.94. The Morgan fingerprint density at radius 1 is 0.972 bits per heavy atom. The minimum atomic E-state index is -0.217. The van der Waals surface area contributed by atoms with Crippen LogP contribution in [0.25, 0.3) is 10.8 Å². The molecule has 2 aromatic carbocycles. The largest absolute Gasteiger partial charge is 0.478 e. The molecule has 0 unspecified atom stereocenters. The van der Waals surface area contributed by atoms with E-state index >= 15 is 0 Å². The molecule has 1 fully saturated rings. The molecule has 186 valence electrons. The van der Waals surface area contributed by atoms with Gasteiger partial charge in [-0.15, -0.1) is 0 Å². The van der Waals surface area contributed by atoms with Crippen LogP contribution in [0.3, 0.4) is 0 Å². The van der Waals surface area contributed by atoms with Gasteiger partial charge in [0.1, 0.15) is 5.82 Å². The molecular formula is C28H33BN4O3. The number of hydrogen-bond donors (Lipinski definition) is 0. The van der Waals surface area contributed by atoms with Crippen molar-refractivity contribution in [3.8, 4) is 5.88 Å². The first-order valence-electron chi connectivity index (χ1n) is 13.1. The van der Waals surface area contributed by atoms with Crippen LogP contribution in [0, 0.1) is 0 Å². The maximum atomic E-state index is 12.3. The Labute approximate surface area is 213 Å². The lowest BCUT2D eigenvalue weighted by Crippen LogP contribution is -2.46. The Balaban J connectivity index is 1.07. The molecule has 8 heteroatoms. The Kier molecular flexibility index (Phi) is 7.51. The van der Waals surface area contributed by atoms with Crippen LogP contribution >= 0.6 is 0 Å². The van der Waals surface area contributed by atoms with Crippen molar-refractivity contribution >= 4 is 41.3 Å². The van der Waals surface area contributed by atoms with Crippen molar-refractivity contribution in [2.45, 2.75) is 32.5 Å². The number of nitrogens with zero attached hydrogens (tertiary/aromatic N) is 4. The van der Waals surface area contributed by atoms with E-state index < -0.39 is 0 Å². The lowest BCUT2D eigenvalue weighted by Gasteiger charge is -2.36. The molecule has 1 aromatic heterocycles. The molecule has 2 amide bonds. The second-order valence-electron chi connectivity index (χ2n) is 9.49. The molecule has 5 rings (SSSR count). The average molecular weight is 484 g/mol. The van der Waals surface area contributed by atoms with Gasteiger partial charge in [0.15, 0.2) is 5.81 Å². The van der Waals surface area contributed by atoms with Crippen LogP contribution < -0.4 is 14.5 Å². The number of aromatic nitrogens is 1. The standard InChI is InChI=1S/C28H33BN4O3/c1-29-28(35)33-26(34)14-12-22-11-13-25(30-27(22)33)36-20-5-4-15-31-16-18-32(19-17-31)24-10-6-8-21-7-2-3-9-23(21)24/h2-3,6-11,13,29H,4-5,12,14-20H2,1H3. The van der Waals surface area contributed by atoms with E-state index in [2.05, 4.69) is 57.2 Å². The number of carbonyl (C=O) groups is 2. The van der Waals surface area contributed by atoms with Crippen LogP contribution in [0.15, 0.2) is 54.6 Å². The number of aryl methyl sites for hydroxylation is 1. The zero-order chi connectivity index (χ0) is 24.9. The summed E-state index contributed by atoms with van der Waals surface area (Å²) in [6, 6.07) is 18.9. The summed E-state index contributed by atoms with van der Waals surface area (Å²) in [5.41, 5.74) is 2.26. The van der Waals surface area contributed by atoms with E-state index in [1.165, 1.54) is 21.4 Å². The van der Waals surface area contributed by atoms with Gasteiger partial charge in [-0.1, -0.05) is 43.2 Å². The fraction of sp³-hybridized carbons (Fsp3) is 0.393. The van der Waals surface area contributed by atoms with Crippen molar-refractivity contribution in [3.05, 3.63) is 60.2 Å². The molecule has 2 aliphatic heterocycles. The number of hydrogen-bond acceptors (Lipinski definition) is 6. The average Bonchev–Trinajstić information content (AvgIpc) is 2.92. The number of anilines is 2. The number of benzene rings is 2. The molecule has 0 atom stereocenters. The molecule has 36 heavy (non-hydrogen) atoms. The summed E-state index contributed by atoms with van der Waals surface area (Å²) in [4.78, 5) is 35.3. The van der Waals surface area contributed by atoms with E-state index in [4.69, 9.17) is 4.74 Å². The van der Waals surface area contributed by atoms with E-state index in [-0.39, 0.29) is 19.0 Å². The maximum absolute atomic E-state index is 12.3. The molecular weight excluding hydrogens is 451 g/mol. The third-order valence-electron chi connectivity index (χ3n) is 7.15. The highest BCUT2D eigenvalue weighted by atomic mass is 16.5. The van der Waals surface area contributed by atoms with E-state index in [1.807, 2.05) is 12.1 Å². The lowest BCUT2D eigenvalue weighted by atomic mass is 9.80. The molecule has 3 heterocycles. The fourth-order valence-electron chi connectivity index (χ4n) is 5.13. The number of pyridine rings is 1. The van der Waals surface area contributed by atoms with Crippen LogP contribution in [0.2, 0.25) is 6.82 Å². The van der Waals surface area contributed by atoms with Crippen LogP contribution in [-0.4, -0.2) is 68.2 Å². The van der Waals surface area contributed by atoms with Crippen LogP contribution in [0.4, 0.5) is 16.3 Å². The smallest absolute Gasteiger partial charge is 0.234 e. The topological polar surface area (TPSA) is 66.0 Å². The first-order chi connectivity index (χ1) is 17.6. The molecule has 0 radical (unpaired) electrons. The first kappa shape index (κ1) is 24.3. The second-order valence-corrected chi connectivity index (χ2v) is 9.49. The summed E-state index contributed by atoms with van der Waals surface area (Å²) in [5.74, 6) is 0.520. The first-order valence-corrected chi connectivity index (χ1v) is 13.1.